The van der Waals surface area contributed by atoms with Gasteiger partial charge < -0.3 is 19.7 Å². The molecule has 142 valence electrons. The summed E-state index contributed by atoms with van der Waals surface area (Å²) in [4.78, 5) is 27.6. The maximum atomic E-state index is 13.1. The first-order valence-electron chi connectivity index (χ1n) is 9.50. The molecule has 1 aliphatic heterocycles. The molecule has 0 radical (unpaired) electrons. The molecular formula is C21H24N2O4. The number of carbonyl (C=O) groups excluding carboxylic acids is 2. The maximum Gasteiger partial charge on any atom is 0.290 e. The molecular weight excluding hydrogens is 344 g/mol. The molecule has 1 saturated carbocycles. The highest BCUT2D eigenvalue weighted by atomic mass is 16.3. The van der Waals surface area contributed by atoms with E-state index < -0.39 is 6.04 Å². The smallest absolute Gasteiger partial charge is 0.290 e. The number of nitrogens with one attached hydrogen (secondary N) is 1. The van der Waals surface area contributed by atoms with Crippen LogP contribution in [0.4, 0.5) is 0 Å². The lowest BCUT2D eigenvalue weighted by molar-refractivity contribution is -0.127. The van der Waals surface area contributed by atoms with Crippen LogP contribution in [-0.4, -0.2) is 40.5 Å². The van der Waals surface area contributed by atoms with Crippen molar-refractivity contribution < 1.29 is 19.1 Å². The minimum absolute atomic E-state index is 0.0276. The number of nitrogens with zero attached hydrogens (tertiary/aromatic N) is 1. The van der Waals surface area contributed by atoms with Crippen molar-refractivity contribution in [3.05, 3.63) is 59.5 Å². The topological polar surface area (TPSA) is 82.8 Å². The first kappa shape index (κ1) is 17.8. The van der Waals surface area contributed by atoms with Crippen molar-refractivity contribution in [2.24, 2.45) is 5.92 Å². The van der Waals surface area contributed by atoms with Crippen molar-refractivity contribution in [2.45, 2.75) is 44.3 Å². The molecule has 1 aromatic heterocycles. The molecule has 2 aromatic rings. The molecule has 3 atom stereocenters. The van der Waals surface area contributed by atoms with E-state index >= 15 is 0 Å². The van der Waals surface area contributed by atoms with Gasteiger partial charge in [0.25, 0.3) is 5.91 Å². The van der Waals surface area contributed by atoms with Crippen LogP contribution in [-0.2, 0) is 17.8 Å². The lowest BCUT2D eigenvalue weighted by Gasteiger charge is -2.36. The molecule has 0 unspecified atom stereocenters. The Balaban J connectivity index is 1.59. The summed E-state index contributed by atoms with van der Waals surface area (Å²) in [6, 6.07) is 10.6. The van der Waals surface area contributed by atoms with Gasteiger partial charge in [-0.1, -0.05) is 30.7 Å². The summed E-state index contributed by atoms with van der Waals surface area (Å²) in [6.07, 6.45) is 4.73. The van der Waals surface area contributed by atoms with E-state index in [1.54, 1.807) is 17.0 Å². The second-order valence-corrected chi connectivity index (χ2v) is 7.39. The standard InChI is InChI=1S/C21H24N2O4/c24-13-16-7-3-8-17(16)22-20(25)18-11-14-5-1-2-6-15(14)12-23(18)21(26)19-9-4-10-27-19/h1-2,4-6,9-10,16-18,24H,3,7-8,11-13H2,(H,22,25)/t16-,17+,18+/m0/s1. The average Bonchev–Trinajstić information content (AvgIpc) is 3.38. The summed E-state index contributed by atoms with van der Waals surface area (Å²) in [5, 5.41) is 12.6. The Kier molecular flexibility index (Phi) is 4.99. The number of hydrogen-bond donors (Lipinski definition) is 2. The van der Waals surface area contributed by atoms with Gasteiger partial charge in [0.05, 0.1) is 6.26 Å². The van der Waals surface area contributed by atoms with E-state index in [9.17, 15) is 14.7 Å². The molecule has 2 N–H and O–H groups in total. The number of fused-ring (bicyclic) bond motifs is 1. The summed E-state index contributed by atoms with van der Waals surface area (Å²) in [6.45, 7) is 0.454. The molecule has 0 spiro atoms. The monoisotopic (exact) mass is 368 g/mol. The first-order valence-corrected chi connectivity index (χ1v) is 9.50. The Bertz CT molecular complexity index is 817. The van der Waals surface area contributed by atoms with Crippen LogP contribution < -0.4 is 5.32 Å². The third-order valence-corrected chi connectivity index (χ3v) is 5.77. The van der Waals surface area contributed by atoms with Crippen molar-refractivity contribution in [3.63, 3.8) is 0 Å². The lowest BCUT2D eigenvalue weighted by Crippen LogP contribution is -2.54. The second kappa shape index (κ2) is 7.56. The maximum absolute atomic E-state index is 13.1. The second-order valence-electron chi connectivity index (χ2n) is 7.39. The third kappa shape index (κ3) is 3.49. The van der Waals surface area contributed by atoms with Crippen LogP contribution in [0.5, 0.6) is 0 Å². The number of aliphatic hydroxyl groups excluding tert-OH is 1. The van der Waals surface area contributed by atoms with Crippen LogP contribution in [0.2, 0.25) is 0 Å². The molecule has 1 aliphatic carbocycles. The Morgan fingerprint density at radius 3 is 2.70 bits per heavy atom. The van der Waals surface area contributed by atoms with Crippen molar-refractivity contribution >= 4 is 11.8 Å². The van der Waals surface area contributed by atoms with Crippen LogP contribution in [0.25, 0.3) is 0 Å². The Labute approximate surface area is 158 Å². The Morgan fingerprint density at radius 2 is 1.96 bits per heavy atom. The zero-order valence-corrected chi connectivity index (χ0v) is 15.1. The lowest BCUT2D eigenvalue weighted by atomic mass is 9.92. The van der Waals surface area contributed by atoms with Gasteiger partial charge >= 0.3 is 0 Å². The normalized spacial score (nSPS) is 24.5. The Morgan fingerprint density at radius 1 is 1.15 bits per heavy atom. The molecule has 2 amide bonds. The van der Waals surface area contributed by atoms with Gasteiger partial charge in [0, 0.05) is 31.5 Å². The molecule has 27 heavy (non-hydrogen) atoms. The molecule has 0 saturated heterocycles. The summed E-state index contributed by atoms with van der Waals surface area (Å²) in [7, 11) is 0. The highest BCUT2D eigenvalue weighted by Crippen LogP contribution is 2.28. The van der Waals surface area contributed by atoms with E-state index in [4.69, 9.17) is 4.42 Å². The minimum Gasteiger partial charge on any atom is -0.459 e. The van der Waals surface area contributed by atoms with Gasteiger partial charge in [-0.15, -0.1) is 0 Å². The van der Waals surface area contributed by atoms with Gasteiger partial charge in [-0.25, -0.2) is 0 Å². The number of furan rings is 1. The highest BCUT2D eigenvalue weighted by molar-refractivity contribution is 5.96. The predicted molar refractivity (Wildman–Crippen MR) is 98.9 cm³/mol. The molecule has 1 fully saturated rings. The SMILES string of the molecule is O=C(N[C@@H]1CCC[C@H]1CO)[C@H]1Cc2ccccc2CN1C(=O)c1ccco1. The molecule has 6 heteroatoms. The number of amides is 2. The fraction of sp³-hybridized carbons (Fsp3) is 0.429. The predicted octanol–water partition coefficient (Wildman–Crippen LogP) is 2.12. The third-order valence-electron chi connectivity index (χ3n) is 5.77. The summed E-state index contributed by atoms with van der Waals surface area (Å²) in [5.41, 5.74) is 2.14. The van der Waals surface area contributed by atoms with Gasteiger partial charge in [-0.3, -0.25) is 9.59 Å². The van der Waals surface area contributed by atoms with Crippen LogP contribution in [0.3, 0.4) is 0 Å². The first-order chi connectivity index (χ1) is 13.2. The van der Waals surface area contributed by atoms with Crippen molar-refractivity contribution in [1.29, 1.82) is 0 Å². The van der Waals surface area contributed by atoms with E-state index in [-0.39, 0.29) is 36.1 Å². The zero-order valence-electron chi connectivity index (χ0n) is 15.1. The summed E-state index contributed by atoms with van der Waals surface area (Å²) in [5.74, 6) is -0.102. The number of carbonyl (C=O) groups is 2. The number of benzene rings is 1. The molecule has 4 rings (SSSR count). The molecule has 1 aromatic carbocycles. The van der Waals surface area contributed by atoms with Crippen LogP contribution in [0, 0.1) is 5.92 Å². The molecule has 0 bridgehead atoms. The highest BCUT2D eigenvalue weighted by Gasteiger charge is 2.38. The summed E-state index contributed by atoms with van der Waals surface area (Å²) >= 11 is 0. The zero-order chi connectivity index (χ0) is 18.8. The molecule has 2 aliphatic rings. The average molecular weight is 368 g/mol. The van der Waals surface area contributed by atoms with E-state index in [2.05, 4.69) is 5.32 Å². The van der Waals surface area contributed by atoms with Gasteiger partial charge in [0.1, 0.15) is 6.04 Å². The fourth-order valence-corrected chi connectivity index (χ4v) is 4.24. The molecule has 2 heterocycles. The van der Waals surface area contributed by atoms with Gasteiger partial charge in [0.15, 0.2) is 5.76 Å². The largest absolute Gasteiger partial charge is 0.459 e. The minimum atomic E-state index is -0.586. The Hall–Kier alpha value is -2.60. The van der Waals surface area contributed by atoms with Gasteiger partial charge in [0.2, 0.25) is 5.91 Å². The number of rotatable bonds is 4. The van der Waals surface area contributed by atoms with E-state index in [1.165, 1.54) is 6.26 Å². The van der Waals surface area contributed by atoms with Crippen molar-refractivity contribution in [2.75, 3.05) is 6.61 Å². The van der Waals surface area contributed by atoms with Crippen LogP contribution in [0.1, 0.15) is 40.9 Å². The van der Waals surface area contributed by atoms with Crippen LogP contribution in [0.15, 0.2) is 47.1 Å². The van der Waals surface area contributed by atoms with Crippen molar-refractivity contribution in [1.82, 2.24) is 10.2 Å². The van der Waals surface area contributed by atoms with Crippen molar-refractivity contribution in [3.8, 4) is 0 Å². The van der Waals surface area contributed by atoms with Gasteiger partial charge in [-0.2, -0.15) is 0 Å². The quantitative estimate of drug-likeness (QED) is 0.866. The van der Waals surface area contributed by atoms with Gasteiger partial charge in [-0.05, 0) is 36.1 Å². The molecule has 6 nitrogen and oxygen atoms in total. The number of hydrogen-bond acceptors (Lipinski definition) is 4. The summed E-state index contributed by atoms with van der Waals surface area (Å²) < 4.78 is 5.28. The van der Waals surface area contributed by atoms with E-state index in [1.807, 2.05) is 24.3 Å². The fourth-order valence-electron chi connectivity index (χ4n) is 4.24. The van der Waals surface area contributed by atoms with E-state index in [0.29, 0.717) is 13.0 Å². The number of aliphatic hydroxyl groups is 1. The van der Waals surface area contributed by atoms with Crippen LogP contribution >= 0.6 is 0 Å². The van der Waals surface area contributed by atoms with E-state index in [0.717, 1.165) is 30.4 Å².